The SMILES string of the molecule is CNc1ncc(S(=O)(=O)Nc2cncc(C)c2)cn1. The second-order valence-corrected chi connectivity index (χ2v) is 5.53. The number of hydrogen-bond donors (Lipinski definition) is 2. The Morgan fingerprint density at radius 1 is 1.11 bits per heavy atom. The van der Waals surface area contributed by atoms with Gasteiger partial charge in [0.05, 0.1) is 24.3 Å². The molecular weight excluding hydrogens is 266 g/mol. The number of nitrogens with one attached hydrogen (secondary N) is 2. The van der Waals surface area contributed by atoms with Crippen LogP contribution in [-0.2, 0) is 10.0 Å². The monoisotopic (exact) mass is 279 g/mol. The first kappa shape index (κ1) is 13.2. The van der Waals surface area contributed by atoms with Gasteiger partial charge >= 0.3 is 0 Å². The van der Waals surface area contributed by atoms with Gasteiger partial charge in [0.25, 0.3) is 10.0 Å². The normalized spacial score (nSPS) is 11.1. The van der Waals surface area contributed by atoms with Gasteiger partial charge in [-0.3, -0.25) is 9.71 Å². The van der Waals surface area contributed by atoms with Crippen molar-refractivity contribution in [2.45, 2.75) is 11.8 Å². The standard InChI is InChI=1S/C11H13N5O2S/c1-8-3-9(5-13-4-8)16-19(17,18)10-6-14-11(12-2)15-7-10/h3-7,16H,1-2H3,(H,12,14,15). The molecule has 0 atom stereocenters. The maximum absolute atomic E-state index is 12.1. The van der Waals surface area contributed by atoms with Crippen LogP contribution in [0.5, 0.6) is 0 Å². The molecule has 0 bridgehead atoms. The summed E-state index contributed by atoms with van der Waals surface area (Å²) in [7, 11) is -2.04. The van der Waals surface area contributed by atoms with Crippen molar-refractivity contribution in [2.75, 3.05) is 17.1 Å². The zero-order valence-electron chi connectivity index (χ0n) is 10.5. The molecule has 0 unspecified atom stereocenters. The van der Waals surface area contributed by atoms with E-state index in [1.165, 1.54) is 18.6 Å². The second kappa shape index (κ2) is 5.19. The van der Waals surface area contributed by atoms with Crippen molar-refractivity contribution in [3.63, 3.8) is 0 Å². The molecule has 0 radical (unpaired) electrons. The van der Waals surface area contributed by atoms with E-state index < -0.39 is 10.0 Å². The Labute approximate surface area is 111 Å². The van der Waals surface area contributed by atoms with E-state index in [0.29, 0.717) is 11.6 Å². The van der Waals surface area contributed by atoms with Gasteiger partial charge < -0.3 is 5.32 Å². The molecule has 19 heavy (non-hydrogen) atoms. The molecule has 8 heteroatoms. The van der Waals surface area contributed by atoms with Gasteiger partial charge in [0.2, 0.25) is 5.95 Å². The van der Waals surface area contributed by atoms with E-state index in [2.05, 4.69) is 25.0 Å². The van der Waals surface area contributed by atoms with E-state index in [4.69, 9.17) is 0 Å². The summed E-state index contributed by atoms with van der Waals surface area (Å²) in [4.78, 5) is 11.6. The third-order valence-corrected chi connectivity index (χ3v) is 3.63. The van der Waals surface area contributed by atoms with Gasteiger partial charge in [-0.15, -0.1) is 0 Å². The number of rotatable bonds is 4. The van der Waals surface area contributed by atoms with E-state index in [0.717, 1.165) is 5.56 Å². The Balaban J connectivity index is 2.27. The molecule has 0 aromatic carbocycles. The first-order chi connectivity index (χ1) is 9.01. The van der Waals surface area contributed by atoms with Gasteiger partial charge in [-0.1, -0.05) is 0 Å². The molecule has 2 rings (SSSR count). The Morgan fingerprint density at radius 2 is 1.79 bits per heavy atom. The zero-order valence-corrected chi connectivity index (χ0v) is 11.3. The smallest absolute Gasteiger partial charge is 0.265 e. The van der Waals surface area contributed by atoms with Gasteiger partial charge in [-0.2, -0.15) is 0 Å². The first-order valence-electron chi connectivity index (χ1n) is 5.45. The number of sulfonamides is 1. The Morgan fingerprint density at radius 3 is 2.37 bits per heavy atom. The van der Waals surface area contributed by atoms with E-state index in [1.807, 2.05) is 6.92 Å². The summed E-state index contributed by atoms with van der Waals surface area (Å²) >= 11 is 0. The quantitative estimate of drug-likeness (QED) is 0.867. The lowest BCUT2D eigenvalue weighted by molar-refractivity contribution is 0.600. The lowest BCUT2D eigenvalue weighted by Crippen LogP contribution is -2.14. The van der Waals surface area contributed by atoms with Crippen LogP contribution in [0.1, 0.15) is 5.56 Å². The van der Waals surface area contributed by atoms with Crippen LogP contribution >= 0.6 is 0 Å². The Bertz CT molecular complexity index is 670. The largest absolute Gasteiger partial charge is 0.357 e. The molecule has 0 aliphatic carbocycles. The third kappa shape index (κ3) is 3.16. The number of nitrogens with zero attached hydrogens (tertiary/aromatic N) is 3. The predicted molar refractivity (Wildman–Crippen MR) is 71.4 cm³/mol. The van der Waals surface area contributed by atoms with Gasteiger partial charge in [0, 0.05) is 13.2 Å². The van der Waals surface area contributed by atoms with Crippen molar-refractivity contribution in [3.05, 3.63) is 36.4 Å². The maximum atomic E-state index is 12.1. The molecule has 0 aliphatic heterocycles. The van der Waals surface area contributed by atoms with Gasteiger partial charge in [-0.05, 0) is 18.6 Å². The summed E-state index contributed by atoms with van der Waals surface area (Å²) < 4.78 is 26.6. The van der Waals surface area contributed by atoms with Crippen molar-refractivity contribution in [1.82, 2.24) is 15.0 Å². The van der Waals surface area contributed by atoms with E-state index >= 15 is 0 Å². The summed E-state index contributed by atoms with van der Waals surface area (Å²) in [6, 6.07) is 1.69. The van der Waals surface area contributed by atoms with Crippen LogP contribution in [0.2, 0.25) is 0 Å². The fourth-order valence-electron chi connectivity index (χ4n) is 1.41. The molecule has 0 saturated carbocycles. The van der Waals surface area contributed by atoms with Gasteiger partial charge in [0.1, 0.15) is 4.90 Å². The van der Waals surface area contributed by atoms with Crippen LogP contribution < -0.4 is 10.0 Å². The average Bonchev–Trinajstić information content (AvgIpc) is 2.38. The first-order valence-corrected chi connectivity index (χ1v) is 6.94. The van der Waals surface area contributed by atoms with E-state index in [9.17, 15) is 8.42 Å². The topological polar surface area (TPSA) is 96.9 Å². The highest BCUT2D eigenvalue weighted by Gasteiger charge is 2.15. The number of aromatic nitrogens is 3. The summed E-state index contributed by atoms with van der Waals surface area (Å²) in [6.45, 7) is 1.83. The fraction of sp³-hybridized carbons (Fsp3) is 0.182. The number of pyridine rings is 1. The summed E-state index contributed by atoms with van der Waals surface area (Å²) in [6.07, 6.45) is 5.56. The number of aryl methyl sites for hydroxylation is 1. The molecule has 2 aromatic heterocycles. The lowest BCUT2D eigenvalue weighted by atomic mass is 10.3. The maximum Gasteiger partial charge on any atom is 0.265 e. The highest BCUT2D eigenvalue weighted by atomic mass is 32.2. The predicted octanol–water partition coefficient (Wildman–Crippen LogP) is 1.02. The van der Waals surface area contributed by atoms with Crippen LogP contribution in [0.25, 0.3) is 0 Å². The summed E-state index contributed by atoms with van der Waals surface area (Å²) in [5.41, 5.74) is 1.26. The van der Waals surface area contributed by atoms with Gasteiger partial charge in [-0.25, -0.2) is 18.4 Å². The Hall–Kier alpha value is -2.22. The van der Waals surface area contributed by atoms with Crippen LogP contribution in [-0.4, -0.2) is 30.4 Å². The van der Waals surface area contributed by atoms with Crippen LogP contribution in [0, 0.1) is 6.92 Å². The molecule has 2 aromatic rings. The molecule has 0 saturated heterocycles. The van der Waals surface area contributed by atoms with Crippen molar-refractivity contribution in [1.29, 1.82) is 0 Å². The van der Waals surface area contributed by atoms with Crippen molar-refractivity contribution >= 4 is 21.7 Å². The molecule has 7 nitrogen and oxygen atoms in total. The van der Waals surface area contributed by atoms with Crippen molar-refractivity contribution < 1.29 is 8.42 Å². The van der Waals surface area contributed by atoms with Crippen molar-refractivity contribution in [3.8, 4) is 0 Å². The lowest BCUT2D eigenvalue weighted by Gasteiger charge is -2.08. The number of hydrogen-bond acceptors (Lipinski definition) is 6. The van der Waals surface area contributed by atoms with E-state index in [1.54, 1.807) is 19.3 Å². The molecular formula is C11H13N5O2S. The molecule has 0 fully saturated rings. The average molecular weight is 279 g/mol. The van der Waals surface area contributed by atoms with Crippen molar-refractivity contribution in [2.24, 2.45) is 0 Å². The summed E-state index contributed by atoms with van der Waals surface area (Å²) in [5, 5.41) is 2.72. The summed E-state index contributed by atoms with van der Waals surface area (Å²) in [5.74, 6) is 0.358. The highest BCUT2D eigenvalue weighted by molar-refractivity contribution is 7.92. The minimum Gasteiger partial charge on any atom is -0.357 e. The highest BCUT2D eigenvalue weighted by Crippen LogP contribution is 2.15. The fourth-order valence-corrected chi connectivity index (χ4v) is 2.33. The second-order valence-electron chi connectivity index (χ2n) is 3.85. The molecule has 0 amide bonds. The third-order valence-electron chi connectivity index (χ3n) is 2.29. The minimum atomic E-state index is -3.70. The molecule has 2 N–H and O–H groups in total. The van der Waals surface area contributed by atoms with Gasteiger partial charge in [0.15, 0.2) is 0 Å². The molecule has 0 aliphatic rings. The molecule has 0 spiro atoms. The molecule has 2 heterocycles. The Kier molecular flexibility index (Phi) is 3.61. The van der Waals surface area contributed by atoms with E-state index in [-0.39, 0.29) is 4.90 Å². The zero-order chi connectivity index (χ0) is 13.9. The minimum absolute atomic E-state index is 0.00648. The van der Waals surface area contributed by atoms with Crippen LogP contribution in [0.4, 0.5) is 11.6 Å². The van der Waals surface area contributed by atoms with Crippen LogP contribution in [0.3, 0.4) is 0 Å². The molecule has 100 valence electrons. The number of anilines is 2. The van der Waals surface area contributed by atoms with Crippen LogP contribution in [0.15, 0.2) is 35.7 Å².